The summed E-state index contributed by atoms with van der Waals surface area (Å²) in [5.74, 6) is -0.699. The maximum atomic E-state index is 12.2. The quantitative estimate of drug-likeness (QED) is 0.591. The minimum Gasteiger partial charge on any atom is -0.341 e. The highest BCUT2D eigenvalue weighted by atomic mass is 16.2. The first-order chi connectivity index (χ1) is 13.0. The largest absolute Gasteiger partial charge is 0.341 e. The molecule has 0 aliphatic rings. The molecule has 0 radical (unpaired) electrons. The van der Waals surface area contributed by atoms with Gasteiger partial charge in [0.25, 0.3) is 0 Å². The van der Waals surface area contributed by atoms with Crippen LogP contribution >= 0.6 is 0 Å². The van der Waals surface area contributed by atoms with E-state index < -0.39 is 6.04 Å². The van der Waals surface area contributed by atoms with Crippen molar-refractivity contribution in [1.82, 2.24) is 10.6 Å². The molecule has 0 saturated heterocycles. The van der Waals surface area contributed by atoms with E-state index in [1.54, 1.807) is 37.3 Å². The van der Waals surface area contributed by atoms with Crippen molar-refractivity contribution in [2.75, 3.05) is 17.7 Å². The molecule has 4 N–H and O–H groups in total. The molecule has 0 fully saturated rings. The van der Waals surface area contributed by atoms with E-state index in [0.717, 1.165) is 5.56 Å². The van der Waals surface area contributed by atoms with Crippen molar-refractivity contribution in [3.63, 3.8) is 0 Å². The average Bonchev–Trinajstić information content (AvgIpc) is 2.68. The predicted molar refractivity (Wildman–Crippen MR) is 106 cm³/mol. The molecular formula is C20H22N4O3. The zero-order valence-corrected chi connectivity index (χ0v) is 15.2. The van der Waals surface area contributed by atoms with E-state index in [9.17, 15) is 14.4 Å². The zero-order valence-electron chi connectivity index (χ0n) is 15.2. The summed E-state index contributed by atoms with van der Waals surface area (Å²) in [6, 6.07) is 15.0. The summed E-state index contributed by atoms with van der Waals surface area (Å²) in [6.07, 6.45) is 3.07. The maximum Gasteiger partial charge on any atom is 0.318 e. The van der Waals surface area contributed by atoms with Crippen molar-refractivity contribution in [2.45, 2.75) is 13.0 Å². The van der Waals surface area contributed by atoms with E-state index in [-0.39, 0.29) is 17.8 Å². The predicted octanol–water partition coefficient (Wildman–Crippen LogP) is 2.59. The smallest absolute Gasteiger partial charge is 0.318 e. The first kappa shape index (κ1) is 19.7. The summed E-state index contributed by atoms with van der Waals surface area (Å²) < 4.78 is 0. The van der Waals surface area contributed by atoms with Crippen LogP contribution in [-0.2, 0) is 9.59 Å². The van der Waals surface area contributed by atoms with Crippen molar-refractivity contribution in [1.29, 1.82) is 0 Å². The molecule has 27 heavy (non-hydrogen) atoms. The molecule has 0 aliphatic carbocycles. The Hall–Kier alpha value is -3.61. The molecule has 0 heterocycles. The van der Waals surface area contributed by atoms with Gasteiger partial charge in [0.2, 0.25) is 11.8 Å². The minimum atomic E-state index is -0.707. The number of urea groups is 1. The van der Waals surface area contributed by atoms with Crippen LogP contribution in [-0.4, -0.2) is 30.9 Å². The van der Waals surface area contributed by atoms with E-state index >= 15 is 0 Å². The fourth-order valence-corrected chi connectivity index (χ4v) is 2.14. The first-order valence-corrected chi connectivity index (χ1v) is 8.41. The molecule has 1 unspecified atom stereocenters. The topological polar surface area (TPSA) is 99.3 Å². The fourth-order valence-electron chi connectivity index (χ4n) is 2.14. The third kappa shape index (κ3) is 6.66. The molecular weight excluding hydrogens is 344 g/mol. The van der Waals surface area contributed by atoms with Crippen LogP contribution in [0.3, 0.4) is 0 Å². The molecule has 0 aromatic heterocycles. The molecule has 0 bridgehead atoms. The summed E-state index contributed by atoms with van der Waals surface area (Å²) >= 11 is 0. The zero-order chi connectivity index (χ0) is 19.6. The lowest BCUT2D eigenvalue weighted by Crippen LogP contribution is -2.40. The monoisotopic (exact) mass is 366 g/mol. The highest BCUT2D eigenvalue weighted by Crippen LogP contribution is 2.13. The van der Waals surface area contributed by atoms with E-state index in [2.05, 4.69) is 21.3 Å². The Morgan fingerprint density at radius 3 is 2.07 bits per heavy atom. The second-order valence-electron chi connectivity index (χ2n) is 5.75. The Balaban J connectivity index is 1.85. The molecule has 0 saturated carbocycles. The Morgan fingerprint density at radius 2 is 1.48 bits per heavy atom. The number of anilines is 2. The summed E-state index contributed by atoms with van der Waals surface area (Å²) in [7, 11) is 1.52. The van der Waals surface area contributed by atoms with Crippen molar-refractivity contribution in [2.24, 2.45) is 0 Å². The molecule has 0 spiro atoms. The molecule has 7 heteroatoms. The van der Waals surface area contributed by atoms with Crippen LogP contribution in [0.25, 0.3) is 6.08 Å². The van der Waals surface area contributed by atoms with Gasteiger partial charge in [0, 0.05) is 24.5 Å². The van der Waals surface area contributed by atoms with Crippen molar-refractivity contribution in [3.8, 4) is 0 Å². The van der Waals surface area contributed by atoms with Crippen molar-refractivity contribution in [3.05, 3.63) is 66.2 Å². The summed E-state index contributed by atoms with van der Waals surface area (Å²) in [6.45, 7) is 1.60. The summed E-state index contributed by atoms with van der Waals surface area (Å²) in [5, 5.41) is 10.4. The molecule has 1 atom stereocenters. The van der Waals surface area contributed by atoms with E-state index in [0.29, 0.717) is 11.4 Å². The van der Waals surface area contributed by atoms with Gasteiger partial charge in [-0.25, -0.2) is 4.79 Å². The molecule has 140 valence electrons. The van der Waals surface area contributed by atoms with Gasteiger partial charge in [-0.3, -0.25) is 9.59 Å². The maximum absolute atomic E-state index is 12.2. The van der Waals surface area contributed by atoms with Gasteiger partial charge in [-0.05, 0) is 42.8 Å². The second kappa shape index (κ2) is 9.76. The minimum absolute atomic E-state index is 0.327. The number of rotatable bonds is 6. The summed E-state index contributed by atoms with van der Waals surface area (Å²) in [5.41, 5.74) is 2.05. The van der Waals surface area contributed by atoms with E-state index in [1.165, 1.54) is 13.1 Å². The lowest BCUT2D eigenvalue weighted by Gasteiger charge is -2.13. The Labute approximate surface area is 157 Å². The van der Waals surface area contributed by atoms with E-state index in [1.807, 2.05) is 30.3 Å². The number of hydrogen-bond acceptors (Lipinski definition) is 3. The Morgan fingerprint density at radius 1 is 0.889 bits per heavy atom. The number of amides is 4. The number of hydrogen-bond donors (Lipinski definition) is 4. The molecule has 7 nitrogen and oxygen atoms in total. The number of carbonyl (C=O) groups is 3. The van der Waals surface area contributed by atoms with Gasteiger partial charge in [0.15, 0.2) is 0 Å². The number of benzene rings is 2. The molecule has 2 rings (SSSR count). The highest BCUT2D eigenvalue weighted by molar-refractivity contribution is 6.00. The third-order valence-electron chi connectivity index (χ3n) is 3.62. The Kier molecular flexibility index (Phi) is 7.13. The van der Waals surface area contributed by atoms with Crippen molar-refractivity contribution >= 4 is 35.3 Å². The van der Waals surface area contributed by atoms with E-state index in [4.69, 9.17) is 0 Å². The number of carbonyl (C=O) groups excluding carboxylic acids is 3. The average molecular weight is 366 g/mol. The molecule has 2 aromatic carbocycles. The van der Waals surface area contributed by atoms with Crippen LogP contribution < -0.4 is 21.3 Å². The van der Waals surface area contributed by atoms with Gasteiger partial charge in [0.05, 0.1) is 0 Å². The fraction of sp³-hybridized carbons (Fsp3) is 0.150. The van der Waals surface area contributed by atoms with Gasteiger partial charge in [-0.1, -0.05) is 30.3 Å². The van der Waals surface area contributed by atoms with Crippen LogP contribution in [0.2, 0.25) is 0 Å². The Bertz CT molecular complexity index is 817. The third-order valence-corrected chi connectivity index (χ3v) is 3.62. The van der Waals surface area contributed by atoms with Gasteiger partial charge in [-0.15, -0.1) is 0 Å². The van der Waals surface area contributed by atoms with Crippen LogP contribution in [0.4, 0.5) is 16.2 Å². The standard InChI is InChI=1S/C20H22N4O3/c1-14(22-18(25)13-8-15-6-4-3-5-7-15)19(26)23-16-9-11-17(12-10-16)24-20(27)21-2/h3-14H,1-2H3,(H,22,25)(H,23,26)(H2,21,24,27)/b13-8+. The normalized spacial score (nSPS) is 11.5. The SMILES string of the molecule is CNC(=O)Nc1ccc(NC(=O)C(C)NC(=O)/C=C/c2ccccc2)cc1. The van der Waals surface area contributed by atoms with Crippen LogP contribution in [0.15, 0.2) is 60.7 Å². The summed E-state index contributed by atoms with van der Waals surface area (Å²) in [4.78, 5) is 35.4. The first-order valence-electron chi connectivity index (χ1n) is 8.41. The lowest BCUT2D eigenvalue weighted by atomic mass is 10.2. The van der Waals surface area contributed by atoms with Crippen molar-refractivity contribution < 1.29 is 14.4 Å². The van der Waals surface area contributed by atoms with Crippen LogP contribution in [0.1, 0.15) is 12.5 Å². The molecule has 2 aromatic rings. The van der Waals surface area contributed by atoms with Crippen LogP contribution in [0, 0.1) is 0 Å². The second-order valence-corrected chi connectivity index (χ2v) is 5.75. The molecule has 4 amide bonds. The van der Waals surface area contributed by atoms with Gasteiger partial charge in [0.1, 0.15) is 6.04 Å². The molecule has 0 aliphatic heterocycles. The van der Waals surface area contributed by atoms with Crippen LogP contribution in [0.5, 0.6) is 0 Å². The lowest BCUT2D eigenvalue weighted by molar-refractivity contribution is -0.123. The van der Waals surface area contributed by atoms with Gasteiger partial charge < -0.3 is 21.3 Å². The van der Waals surface area contributed by atoms with Gasteiger partial charge >= 0.3 is 6.03 Å². The van der Waals surface area contributed by atoms with Gasteiger partial charge in [-0.2, -0.15) is 0 Å². The highest BCUT2D eigenvalue weighted by Gasteiger charge is 2.14. The number of nitrogens with one attached hydrogen (secondary N) is 4.